The highest BCUT2D eigenvalue weighted by molar-refractivity contribution is 7.98. The van der Waals surface area contributed by atoms with Crippen molar-refractivity contribution in [2.45, 2.75) is 39.2 Å². The van der Waals surface area contributed by atoms with Crippen molar-refractivity contribution in [3.63, 3.8) is 0 Å². The largest absolute Gasteiger partial charge is 0.328 e. The number of aryl methyl sites for hydroxylation is 3. The second-order valence-corrected chi connectivity index (χ2v) is 6.53. The molecule has 1 aromatic heterocycles. The average Bonchev–Trinajstić information content (AvgIpc) is 2.76. The van der Waals surface area contributed by atoms with Crippen molar-refractivity contribution >= 4 is 34.4 Å². The van der Waals surface area contributed by atoms with Crippen LogP contribution in [-0.2, 0) is 13.0 Å². The summed E-state index contributed by atoms with van der Waals surface area (Å²) in [5.41, 5.74) is 3.62. The summed E-state index contributed by atoms with van der Waals surface area (Å²) in [4.78, 5) is 4.75. The number of rotatable bonds is 8. The van der Waals surface area contributed by atoms with Gasteiger partial charge in [-0.3, -0.25) is 0 Å². The first-order chi connectivity index (χ1) is 9.76. The minimum atomic E-state index is 0.634. The van der Waals surface area contributed by atoms with Gasteiger partial charge in [0.15, 0.2) is 0 Å². The van der Waals surface area contributed by atoms with E-state index in [0.717, 1.165) is 24.3 Å². The van der Waals surface area contributed by atoms with E-state index in [1.165, 1.54) is 36.1 Å². The normalized spacial score (nSPS) is 11.3. The summed E-state index contributed by atoms with van der Waals surface area (Å²) in [7, 11) is 0. The van der Waals surface area contributed by atoms with E-state index in [9.17, 15) is 0 Å². The second kappa shape index (κ2) is 7.94. The van der Waals surface area contributed by atoms with Crippen molar-refractivity contribution < 1.29 is 0 Å². The lowest BCUT2D eigenvalue weighted by Crippen LogP contribution is -2.05. The lowest BCUT2D eigenvalue weighted by molar-refractivity contribution is 0.596. The van der Waals surface area contributed by atoms with E-state index in [4.69, 9.17) is 16.6 Å². The molecule has 0 radical (unpaired) electrons. The molecule has 0 saturated heterocycles. The van der Waals surface area contributed by atoms with Crippen molar-refractivity contribution in [2.75, 3.05) is 17.9 Å². The Hall–Kier alpha value is -0.670. The summed E-state index contributed by atoms with van der Waals surface area (Å²) in [6.07, 6.45) is 6.82. The molecule has 2 rings (SSSR count). The van der Waals surface area contributed by atoms with Crippen LogP contribution in [0.4, 0.5) is 0 Å². The Morgan fingerprint density at radius 2 is 2.10 bits per heavy atom. The summed E-state index contributed by atoms with van der Waals surface area (Å²) in [6, 6.07) is 6.52. The van der Waals surface area contributed by atoms with Gasteiger partial charge in [0.05, 0.1) is 11.0 Å². The van der Waals surface area contributed by atoms with E-state index >= 15 is 0 Å². The molecular formula is C16H23ClN2S. The number of aromatic nitrogens is 2. The number of fused-ring (bicyclic) bond motifs is 1. The molecule has 110 valence electrons. The SMILES string of the molecule is CSCCCCCn1c(CCCl)nc2cc(C)ccc21. The molecule has 1 aromatic carbocycles. The number of imidazole rings is 1. The lowest BCUT2D eigenvalue weighted by atomic mass is 10.2. The van der Waals surface area contributed by atoms with E-state index in [0.29, 0.717) is 5.88 Å². The van der Waals surface area contributed by atoms with Gasteiger partial charge >= 0.3 is 0 Å². The Labute approximate surface area is 130 Å². The van der Waals surface area contributed by atoms with Crippen LogP contribution in [0.15, 0.2) is 18.2 Å². The highest BCUT2D eigenvalue weighted by atomic mass is 35.5. The zero-order chi connectivity index (χ0) is 14.4. The van der Waals surface area contributed by atoms with Gasteiger partial charge in [-0.2, -0.15) is 11.8 Å². The Balaban J connectivity index is 2.13. The fourth-order valence-corrected chi connectivity index (χ4v) is 3.17. The number of benzene rings is 1. The van der Waals surface area contributed by atoms with Crippen molar-refractivity contribution in [2.24, 2.45) is 0 Å². The van der Waals surface area contributed by atoms with Gasteiger partial charge in [-0.25, -0.2) is 4.98 Å². The average molecular weight is 311 g/mol. The van der Waals surface area contributed by atoms with Crippen LogP contribution in [0.1, 0.15) is 30.7 Å². The molecule has 0 bridgehead atoms. The Morgan fingerprint density at radius 1 is 1.25 bits per heavy atom. The molecule has 2 aromatic rings. The molecule has 0 N–H and O–H groups in total. The molecular weight excluding hydrogens is 288 g/mol. The summed E-state index contributed by atoms with van der Waals surface area (Å²) >= 11 is 7.84. The van der Waals surface area contributed by atoms with Gasteiger partial charge < -0.3 is 4.57 Å². The van der Waals surface area contributed by atoms with Gasteiger partial charge in [-0.1, -0.05) is 12.5 Å². The molecule has 0 spiro atoms. The van der Waals surface area contributed by atoms with Crippen LogP contribution in [0.25, 0.3) is 11.0 Å². The number of thioether (sulfide) groups is 1. The van der Waals surface area contributed by atoms with Gasteiger partial charge in [-0.05, 0) is 49.5 Å². The maximum absolute atomic E-state index is 5.91. The van der Waals surface area contributed by atoms with Crippen LogP contribution >= 0.6 is 23.4 Å². The molecule has 0 saturated carbocycles. The summed E-state index contributed by atoms with van der Waals surface area (Å²) in [5.74, 6) is 3.03. The fourth-order valence-electron chi connectivity index (χ4n) is 2.51. The number of unbranched alkanes of at least 4 members (excludes halogenated alkanes) is 2. The van der Waals surface area contributed by atoms with Crippen LogP contribution in [0.2, 0.25) is 0 Å². The smallest absolute Gasteiger partial charge is 0.111 e. The zero-order valence-corrected chi connectivity index (χ0v) is 13.9. The van der Waals surface area contributed by atoms with Gasteiger partial charge in [-0.15, -0.1) is 11.6 Å². The topological polar surface area (TPSA) is 17.8 Å². The van der Waals surface area contributed by atoms with Crippen molar-refractivity contribution in [3.05, 3.63) is 29.6 Å². The van der Waals surface area contributed by atoms with Crippen LogP contribution in [-0.4, -0.2) is 27.4 Å². The third-order valence-corrected chi connectivity index (χ3v) is 4.42. The van der Waals surface area contributed by atoms with E-state index in [1.54, 1.807) is 0 Å². The molecule has 0 aliphatic rings. The standard InChI is InChI=1S/C16H23ClN2S/c1-13-6-7-15-14(12-13)18-16(8-9-17)19(15)10-4-3-5-11-20-2/h6-7,12H,3-5,8-11H2,1-2H3. The van der Waals surface area contributed by atoms with Crippen molar-refractivity contribution in [3.8, 4) is 0 Å². The van der Waals surface area contributed by atoms with Crippen molar-refractivity contribution in [1.29, 1.82) is 0 Å². The molecule has 0 fully saturated rings. The number of nitrogens with zero attached hydrogens (tertiary/aromatic N) is 2. The Morgan fingerprint density at radius 3 is 2.85 bits per heavy atom. The molecule has 0 amide bonds. The minimum absolute atomic E-state index is 0.634. The summed E-state index contributed by atoms with van der Waals surface area (Å²) in [6.45, 7) is 3.17. The third-order valence-electron chi connectivity index (χ3n) is 3.53. The molecule has 0 aliphatic heterocycles. The number of halogens is 1. The molecule has 0 aliphatic carbocycles. The molecule has 2 nitrogen and oxygen atoms in total. The minimum Gasteiger partial charge on any atom is -0.328 e. The second-order valence-electron chi connectivity index (χ2n) is 5.16. The molecule has 4 heteroatoms. The first-order valence-corrected chi connectivity index (χ1v) is 9.19. The first-order valence-electron chi connectivity index (χ1n) is 7.27. The predicted octanol–water partition coefficient (Wildman–Crippen LogP) is 4.66. The fraction of sp³-hybridized carbons (Fsp3) is 0.562. The molecule has 1 heterocycles. The number of hydrogen-bond acceptors (Lipinski definition) is 2. The zero-order valence-electron chi connectivity index (χ0n) is 12.4. The molecule has 0 unspecified atom stereocenters. The van der Waals surface area contributed by atoms with Crippen LogP contribution in [0.3, 0.4) is 0 Å². The van der Waals surface area contributed by atoms with E-state index in [1.807, 2.05) is 11.8 Å². The quantitative estimate of drug-likeness (QED) is 0.521. The monoisotopic (exact) mass is 310 g/mol. The van der Waals surface area contributed by atoms with Crippen LogP contribution in [0.5, 0.6) is 0 Å². The number of alkyl halides is 1. The van der Waals surface area contributed by atoms with Gasteiger partial charge in [0, 0.05) is 18.8 Å². The Kier molecular flexibility index (Phi) is 6.24. The van der Waals surface area contributed by atoms with Crippen molar-refractivity contribution in [1.82, 2.24) is 9.55 Å². The lowest BCUT2D eigenvalue weighted by Gasteiger charge is -2.08. The van der Waals surface area contributed by atoms with E-state index in [2.05, 4.69) is 35.9 Å². The highest BCUT2D eigenvalue weighted by Gasteiger charge is 2.10. The maximum Gasteiger partial charge on any atom is 0.111 e. The maximum atomic E-state index is 5.91. The van der Waals surface area contributed by atoms with Gasteiger partial charge in [0.25, 0.3) is 0 Å². The van der Waals surface area contributed by atoms with Gasteiger partial charge in [0.1, 0.15) is 5.82 Å². The highest BCUT2D eigenvalue weighted by Crippen LogP contribution is 2.19. The van der Waals surface area contributed by atoms with Gasteiger partial charge in [0.2, 0.25) is 0 Å². The predicted molar refractivity (Wildman–Crippen MR) is 91.1 cm³/mol. The third kappa shape index (κ3) is 3.92. The Bertz CT molecular complexity index is 551. The molecule has 20 heavy (non-hydrogen) atoms. The van der Waals surface area contributed by atoms with E-state index < -0.39 is 0 Å². The number of hydrogen-bond donors (Lipinski definition) is 0. The van der Waals surface area contributed by atoms with E-state index in [-0.39, 0.29) is 0 Å². The first kappa shape index (κ1) is 15.7. The summed E-state index contributed by atoms with van der Waals surface area (Å²) < 4.78 is 2.36. The van der Waals surface area contributed by atoms with Crippen LogP contribution in [0, 0.1) is 6.92 Å². The van der Waals surface area contributed by atoms with Crippen LogP contribution < -0.4 is 0 Å². The summed E-state index contributed by atoms with van der Waals surface area (Å²) in [5, 5.41) is 0. The molecule has 0 atom stereocenters.